The molecule has 8 nitrogen and oxygen atoms in total. The lowest BCUT2D eigenvalue weighted by Gasteiger charge is -2.27. The van der Waals surface area contributed by atoms with Gasteiger partial charge in [-0.1, -0.05) is 47.1 Å². The molecule has 0 aromatic heterocycles. The number of rotatable bonds is 17. The number of Topliss-reactive ketones (excluding diaryl/α,β-unsaturated/α-hetero) is 1. The van der Waals surface area contributed by atoms with Gasteiger partial charge < -0.3 is 29.1 Å². The van der Waals surface area contributed by atoms with E-state index in [0.717, 1.165) is 38.9 Å². The predicted octanol–water partition coefficient (Wildman–Crippen LogP) is 6.45. The first-order chi connectivity index (χ1) is 20.2. The molecule has 1 aliphatic heterocycles. The second kappa shape index (κ2) is 16.2. The molecule has 1 N–H and O–H groups in total. The molecule has 1 atom stereocenters. The molecule has 0 spiro atoms. The zero-order chi connectivity index (χ0) is 30.6. The number of hydrogen-bond donors (Lipinski definition) is 1. The molecule has 1 aliphatic rings. The van der Waals surface area contributed by atoms with Gasteiger partial charge in [0, 0.05) is 12.1 Å². The fourth-order valence-electron chi connectivity index (χ4n) is 5.04. The summed E-state index contributed by atoms with van der Waals surface area (Å²) in [4.78, 5) is 30.8. The van der Waals surface area contributed by atoms with Gasteiger partial charge in [0.25, 0.3) is 11.7 Å². The summed E-state index contributed by atoms with van der Waals surface area (Å²) < 4.78 is 17.4. The van der Waals surface area contributed by atoms with Crippen LogP contribution in [0.5, 0.6) is 17.2 Å². The van der Waals surface area contributed by atoms with E-state index in [1.165, 1.54) is 0 Å². The van der Waals surface area contributed by atoms with Crippen LogP contribution in [0.4, 0.5) is 0 Å². The van der Waals surface area contributed by atoms with Crippen molar-refractivity contribution >= 4 is 17.4 Å². The maximum atomic E-state index is 13.5. The smallest absolute Gasteiger partial charge is 0.295 e. The molecule has 1 unspecified atom stereocenters. The maximum absolute atomic E-state index is 13.5. The van der Waals surface area contributed by atoms with Gasteiger partial charge in [-0.25, -0.2) is 0 Å². The first kappa shape index (κ1) is 33.0. The molecule has 1 fully saturated rings. The van der Waals surface area contributed by atoms with Crippen LogP contribution in [0.25, 0.3) is 5.76 Å². The largest absolute Gasteiger partial charge is 0.507 e. The van der Waals surface area contributed by atoms with Gasteiger partial charge in [-0.05, 0) is 86.8 Å². The van der Waals surface area contributed by atoms with Gasteiger partial charge in [0.15, 0.2) is 11.5 Å². The van der Waals surface area contributed by atoms with Crippen molar-refractivity contribution in [3.05, 3.63) is 59.2 Å². The summed E-state index contributed by atoms with van der Waals surface area (Å²) in [5.74, 6) is 0.782. The second-order valence-corrected chi connectivity index (χ2v) is 11.0. The van der Waals surface area contributed by atoms with E-state index >= 15 is 0 Å². The van der Waals surface area contributed by atoms with E-state index in [1.807, 2.05) is 12.1 Å². The highest BCUT2D eigenvalue weighted by atomic mass is 16.5. The standard InChI is InChI=1S/C34H48N2O6/c1-7-10-21-41-27-15-12-25(13-16-27)32(37)30-31(36(34(39)33(30)38)20-11-19-35(8-2)9-3)26-14-17-28(29(23-26)40-6)42-22-18-24(4)5/h12-17,23-24,31,37H,7-11,18-22H2,1-6H3/b32-30+. The van der Waals surface area contributed by atoms with Gasteiger partial charge in [0.05, 0.1) is 31.9 Å². The average Bonchev–Trinajstić information content (AvgIpc) is 3.24. The van der Waals surface area contributed by atoms with E-state index in [9.17, 15) is 14.7 Å². The second-order valence-electron chi connectivity index (χ2n) is 11.0. The molecule has 230 valence electrons. The lowest BCUT2D eigenvalue weighted by molar-refractivity contribution is -0.140. The highest BCUT2D eigenvalue weighted by molar-refractivity contribution is 6.46. The number of amides is 1. The van der Waals surface area contributed by atoms with Gasteiger partial charge in [0.2, 0.25) is 0 Å². The molecule has 0 aliphatic carbocycles. The molecule has 1 amide bonds. The van der Waals surface area contributed by atoms with Crippen LogP contribution in [0.1, 0.15) is 77.5 Å². The van der Waals surface area contributed by atoms with Crippen molar-refractivity contribution < 1.29 is 28.9 Å². The number of carbonyl (C=O) groups excluding carboxylic acids is 2. The minimum Gasteiger partial charge on any atom is -0.507 e. The summed E-state index contributed by atoms with van der Waals surface area (Å²) in [6.45, 7) is 14.7. The molecule has 3 rings (SSSR count). The average molecular weight is 581 g/mol. The Hall–Kier alpha value is -3.52. The monoisotopic (exact) mass is 580 g/mol. The number of ether oxygens (including phenoxy) is 3. The van der Waals surface area contributed by atoms with Crippen LogP contribution < -0.4 is 14.2 Å². The fraction of sp³-hybridized carbons (Fsp3) is 0.529. The first-order valence-corrected chi connectivity index (χ1v) is 15.3. The summed E-state index contributed by atoms with van der Waals surface area (Å²) in [6, 6.07) is 11.7. The molecule has 2 aromatic carbocycles. The van der Waals surface area contributed by atoms with Crippen LogP contribution >= 0.6 is 0 Å². The summed E-state index contributed by atoms with van der Waals surface area (Å²) in [5, 5.41) is 11.5. The highest BCUT2D eigenvalue weighted by Crippen LogP contribution is 2.42. The normalized spacial score (nSPS) is 16.5. The van der Waals surface area contributed by atoms with Crippen molar-refractivity contribution in [1.82, 2.24) is 9.80 Å². The number of likely N-dealkylation sites (tertiary alicyclic amines) is 1. The number of methoxy groups -OCH3 is 1. The molecule has 0 radical (unpaired) electrons. The van der Waals surface area contributed by atoms with E-state index in [0.29, 0.717) is 60.5 Å². The molecule has 0 saturated carbocycles. The Morgan fingerprint density at radius 1 is 0.952 bits per heavy atom. The van der Waals surface area contributed by atoms with E-state index in [4.69, 9.17) is 14.2 Å². The van der Waals surface area contributed by atoms with Crippen LogP contribution in [0.3, 0.4) is 0 Å². The summed E-state index contributed by atoms with van der Waals surface area (Å²) in [7, 11) is 1.57. The highest BCUT2D eigenvalue weighted by Gasteiger charge is 2.46. The van der Waals surface area contributed by atoms with Gasteiger partial charge >= 0.3 is 0 Å². The Kier molecular flexibility index (Phi) is 12.7. The Bertz CT molecular complexity index is 1200. The van der Waals surface area contributed by atoms with Gasteiger partial charge in [-0.2, -0.15) is 0 Å². The van der Waals surface area contributed by atoms with Crippen molar-refractivity contribution in [3.8, 4) is 17.2 Å². The fourth-order valence-corrected chi connectivity index (χ4v) is 5.04. The molecular weight excluding hydrogens is 532 g/mol. The third-order valence-electron chi connectivity index (χ3n) is 7.66. The minimum atomic E-state index is -0.763. The van der Waals surface area contributed by atoms with Crippen LogP contribution in [0, 0.1) is 5.92 Å². The molecule has 8 heteroatoms. The SMILES string of the molecule is CCCCOc1ccc(/C(O)=C2\C(=O)C(=O)N(CCCN(CC)CC)C2c2ccc(OCCC(C)C)c(OC)c2)cc1. The van der Waals surface area contributed by atoms with Crippen molar-refractivity contribution in [1.29, 1.82) is 0 Å². The zero-order valence-electron chi connectivity index (χ0n) is 26.2. The Balaban J connectivity index is 2.00. The summed E-state index contributed by atoms with van der Waals surface area (Å²) in [5.41, 5.74) is 1.19. The molecule has 0 bridgehead atoms. The quantitative estimate of drug-likeness (QED) is 0.0995. The number of ketones is 1. The summed E-state index contributed by atoms with van der Waals surface area (Å²) >= 11 is 0. The lowest BCUT2D eigenvalue weighted by atomic mass is 9.95. The molecule has 42 heavy (non-hydrogen) atoms. The third-order valence-corrected chi connectivity index (χ3v) is 7.66. The molecule has 1 saturated heterocycles. The van der Waals surface area contributed by atoms with Crippen LogP contribution in [0.15, 0.2) is 48.0 Å². The van der Waals surface area contributed by atoms with Crippen molar-refractivity contribution in [2.24, 2.45) is 5.92 Å². The van der Waals surface area contributed by atoms with E-state index in [1.54, 1.807) is 42.3 Å². The Labute approximate surface area is 251 Å². The third kappa shape index (κ3) is 8.28. The number of unbranched alkanes of at least 4 members (excludes halogenated alkanes) is 1. The number of hydrogen-bond acceptors (Lipinski definition) is 7. The van der Waals surface area contributed by atoms with Crippen LogP contribution in [0.2, 0.25) is 0 Å². The van der Waals surface area contributed by atoms with Crippen molar-refractivity contribution in [2.75, 3.05) is 46.5 Å². The lowest BCUT2D eigenvalue weighted by Crippen LogP contribution is -2.33. The van der Waals surface area contributed by atoms with Gasteiger partial charge in [-0.15, -0.1) is 0 Å². The van der Waals surface area contributed by atoms with E-state index < -0.39 is 17.7 Å². The predicted molar refractivity (Wildman–Crippen MR) is 166 cm³/mol. The van der Waals surface area contributed by atoms with Crippen LogP contribution in [-0.4, -0.2) is 73.1 Å². The zero-order valence-corrected chi connectivity index (χ0v) is 26.2. The van der Waals surface area contributed by atoms with Crippen LogP contribution in [-0.2, 0) is 9.59 Å². The Morgan fingerprint density at radius 2 is 1.67 bits per heavy atom. The van der Waals surface area contributed by atoms with E-state index in [2.05, 4.69) is 39.5 Å². The maximum Gasteiger partial charge on any atom is 0.295 e. The van der Waals surface area contributed by atoms with Crippen molar-refractivity contribution in [2.45, 2.75) is 66.3 Å². The number of benzene rings is 2. The van der Waals surface area contributed by atoms with Crippen molar-refractivity contribution in [3.63, 3.8) is 0 Å². The minimum absolute atomic E-state index is 0.0676. The van der Waals surface area contributed by atoms with E-state index in [-0.39, 0.29) is 11.3 Å². The number of aliphatic hydroxyl groups is 1. The Morgan fingerprint density at radius 3 is 2.29 bits per heavy atom. The van der Waals surface area contributed by atoms with Gasteiger partial charge in [-0.3, -0.25) is 9.59 Å². The van der Waals surface area contributed by atoms with Gasteiger partial charge in [0.1, 0.15) is 11.5 Å². The molecule has 1 heterocycles. The number of nitrogens with zero attached hydrogens (tertiary/aromatic N) is 2. The summed E-state index contributed by atoms with van der Waals surface area (Å²) in [6.07, 6.45) is 3.58. The molecular formula is C34H48N2O6. The molecule has 2 aromatic rings. The first-order valence-electron chi connectivity index (χ1n) is 15.3. The number of carbonyl (C=O) groups is 2. The topological polar surface area (TPSA) is 88.5 Å². The number of aliphatic hydroxyl groups excluding tert-OH is 1.